The first-order valence-corrected chi connectivity index (χ1v) is 9.60. The predicted octanol–water partition coefficient (Wildman–Crippen LogP) is 2.33. The number of thioether (sulfide) groups is 1. The summed E-state index contributed by atoms with van der Waals surface area (Å²) in [6.45, 7) is -0.134. The molecule has 0 saturated heterocycles. The van der Waals surface area contributed by atoms with Gasteiger partial charge in [-0.15, -0.1) is 11.8 Å². The van der Waals surface area contributed by atoms with E-state index in [-0.39, 0.29) is 25.5 Å². The van der Waals surface area contributed by atoms with E-state index >= 15 is 0 Å². The second kappa shape index (κ2) is 7.47. The van der Waals surface area contributed by atoms with Crippen molar-refractivity contribution in [2.24, 2.45) is 0 Å². The number of nitrogens with one attached hydrogen (secondary N) is 1. The van der Waals surface area contributed by atoms with Crippen molar-refractivity contribution in [1.29, 1.82) is 0 Å². The molecule has 8 heteroatoms. The van der Waals surface area contributed by atoms with E-state index in [2.05, 4.69) is 5.32 Å². The van der Waals surface area contributed by atoms with Gasteiger partial charge in [-0.3, -0.25) is 24.1 Å². The van der Waals surface area contributed by atoms with Crippen molar-refractivity contribution in [3.8, 4) is 0 Å². The van der Waals surface area contributed by atoms with E-state index in [4.69, 9.17) is 4.74 Å². The number of rotatable bonds is 5. The molecule has 1 atom stereocenters. The Labute approximate surface area is 165 Å². The first-order valence-electron chi connectivity index (χ1n) is 8.72. The van der Waals surface area contributed by atoms with Gasteiger partial charge in [-0.1, -0.05) is 24.3 Å². The molecule has 4 rings (SSSR count). The van der Waals surface area contributed by atoms with E-state index in [1.165, 1.54) is 11.8 Å². The number of hydrogen-bond donors (Lipinski definition) is 1. The minimum Gasteiger partial charge on any atom is -0.464 e. The van der Waals surface area contributed by atoms with E-state index in [0.29, 0.717) is 11.1 Å². The molecular formula is C20H16N2O5S. The molecule has 2 aromatic carbocycles. The smallest absolute Gasteiger partial charge is 0.307 e. The number of ether oxygens (including phenoxy) is 1. The van der Waals surface area contributed by atoms with Gasteiger partial charge < -0.3 is 10.1 Å². The minimum atomic E-state index is -0.582. The summed E-state index contributed by atoms with van der Waals surface area (Å²) in [4.78, 5) is 50.8. The fourth-order valence-electron chi connectivity index (χ4n) is 3.13. The highest BCUT2D eigenvalue weighted by molar-refractivity contribution is 8.01. The quantitative estimate of drug-likeness (QED) is 0.616. The van der Waals surface area contributed by atoms with Crippen LogP contribution in [0.2, 0.25) is 0 Å². The maximum atomic E-state index is 12.3. The molecule has 2 aliphatic heterocycles. The second-order valence-electron chi connectivity index (χ2n) is 6.32. The maximum absolute atomic E-state index is 12.3. The molecule has 0 radical (unpaired) electrons. The lowest BCUT2D eigenvalue weighted by Gasteiger charge is -2.23. The van der Waals surface area contributed by atoms with Gasteiger partial charge in [-0.05, 0) is 24.3 Å². The number of amides is 3. The molecule has 28 heavy (non-hydrogen) atoms. The van der Waals surface area contributed by atoms with Crippen molar-refractivity contribution in [3.05, 3.63) is 59.7 Å². The number of benzene rings is 2. The number of anilines is 1. The van der Waals surface area contributed by atoms with Crippen LogP contribution in [0.3, 0.4) is 0 Å². The summed E-state index contributed by atoms with van der Waals surface area (Å²) < 4.78 is 5.16. The van der Waals surface area contributed by atoms with Crippen LogP contribution in [0.4, 0.5) is 5.69 Å². The lowest BCUT2D eigenvalue weighted by Crippen LogP contribution is -2.34. The number of hydrogen-bond acceptors (Lipinski definition) is 6. The highest BCUT2D eigenvalue weighted by Gasteiger charge is 2.35. The Hall–Kier alpha value is -3.13. The van der Waals surface area contributed by atoms with Gasteiger partial charge in [0.15, 0.2) is 0 Å². The normalized spacial score (nSPS) is 17.8. The first kappa shape index (κ1) is 18.2. The zero-order valence-corrected chi connectivity index (χ0v) is 15.5. The van der Waals surface area contributed by atoms with E-state index in [9.17, 15) is 19.2 Å². The van der Waals surface area contributed by atoms with Gasteiger partial charge in [0.25, 0.3) is 11.8 Å². The third kappa shape index (κ3) is 3.38. The van der Waals surface area contributed by atoms with E-state index in [1.807, 2.05) is 18.2 Å². The standard InChI is InChI=1S/C20H16N2O5S/c23-17(11-16-18(24)21-14-7-3-4-8-15(14)28-16)27-10-9-22-19(25)12-5-1-2-6-13(12)20(22)26/h1-8,16H,9-11H2,(H,21,24). The molecule has 0 spiro atoms. The molecule has 2 aromatic rings. The molecule has 0 aromatic heterocycles. The van der Waals surface area contributed by atoms with E-state index < -0.39 is 23.0 Å². The Bertz CT molecular complexity index is 955. The topological polar surface area (TPSA) is 92.8 Å². The zero-order valence-electron chi connectivity index (χ0n) is 14.7. The number of imide groups is 1. The molecule has 7 nitrogen and oxygen atoms in total. The summed E-state index contributed by atoms with van der Waals surface area (Å²) in [5.41, 5.74) is 1.44. The van der Waals surface area contributed by atoms with Crippen molar-refractivity contribution >= 4 is 41.1 Å². The molecule has 0 fully saturated rings. The van der Waals surface area contributed by atoms with Crippen LogP contribution in [0.15, 0.2) is 53.4 Å². The molecule has 3 amide bonds. The molecule has 142 valence electrons. The van der Waals surface area contributed by atoms with Crippen molar-refractivity contribution in [2.45, 2.75) is 16.6 Å². The third-order valence-corrected chi connectivity index (χ3v) is 5.79. The molecule has 1 unspecified atom stereocenters. The predicted molar refractivity (Wildman–Crippen MR) is 102 cm³/mol. The minimum absolute atomic E-state index is 0.0229. The zero-order chi connectivity index (χ0) is 19.7. The van der Waals surface area contributed by atoms with E-state index in [1.54, 1.807) is 30.3 Å². The Morgan fingerprint density at radius 1 is 1.00 bits per heavy atom. The van der Waals surface area contributed by atoms with Gasteiger partial charge in [0, 0.05) is 4.90 Å². The van der Waals surface area contributed by atoms with Gasteiger partial charge in [-0.25, -0.2) is 0 Å². The lowest BCUT2D eigenvalue weighted by molar-refractivity contribution is -0.144. The van der Waals surface area contributed by atoms with Crippen molar-refractivity contribution in [2.75, 3.05) is 18.5 Å². The summed E-state index contributed by atoms with van der Waals surface area (Å²) in [7, 11) is 0. The van der Waals surface area contributed by atoms with Crippen LogP contribution in [0.25, 0.3) is 0 Å². The fraction of sp³-hybridized carbons (Fsp3) is 0.200. The van der Waals surface area contributed by atoms with Crippen LogP contribution in [0.5, 0.6) is 0 Å². The summed E-state index contributed by atoms with van der Waals surface area (Å²) in [6.07, 6.45) is -0.0903. The molecule has 2 aliphatic rings. The van der Waals surface area contributed by atoms with Crippen LogP contribution in [0.1, 0.15) is 27.1 Å². The number of esters is 1. The molecule has 0 bridgehead atoms. The molecule has 0 aliphatic carbocycles. The number of carbonyl (C=O) groups is 4. The lowest BCUT2D eigenvalue weighted by atomic mass is 10.1. The number of carbonyl (C=O) groups excluding carboxylic acids is 4. The SMILES string of the molecule is O=C(CC1Sc2ccccc2NC1=O)OCCN1C(=O)c2ccccc2C1=O. The van der Waals surface area contributed by atoms with Crippen LogP contribution < -0.4 is 5.32 Å². The first-order chi connectivity index (χ1) is 13.5. The molecule has 0 saturated carbocycles. The van der Waals surface area contributed by atoms with Gasteiger partial charge >= 0.3 is 5.97 Å². The van der Waals surface area contributed by atoms with Crippen LogP contribution >= 0.6 is 11.8 Å². The average Bonchev–Trinajstić information content (AvgIpc) is 2.94. The van der Waals surface area contributed by atoms with Gasteiger partial charge in [0.1, 0.15) is 6.61 Å². The molecular weight excluding hydrogens is 380 g/mol. The summed E-state index contributed by atoms with van der Waals surface area (Å²) in [5.74, 6) is -1.59. The van der Waals surface area contributed by atoms with Crippen molar-refractivity contribution in [3.63, 3.8) is 0 Å². The summed E-state index contributed by atoms with van der Waals surface area (Å²) in [6, 6.07) is 13.9. The van der Waals surface area contributed by atoms with Crippen molar-refractivity contribution < 1.29 is 23.9 Å². The number of nitrogens with zero attached hydrogens (tertiary/aromatic N) is 1. The Kier molecular flexibility index (Phi) is 4.87. The highest BCUT2D eigenvalue weighted by atomic mass is 32.2. The highest BCUT2D eigenvalue weighted by Crippen LogP contribution is 2.36. The summed E-state index contributed by atoms with van der Waals surface area (Å²) >= 11 is 1.31. The monoisotopic (exact) mass is 396 g/mol. The third-order valence-electron chi connectivity index (χ3n) is 4.51. The number of para-hydroxylation sites is 1. The van der Waals surface area contributed by atoms with Crippen LogP contribution in [0, 0.1) is 0 Å². The van der Waals surface area contributed by atoms with Crippen LogP contribution in [-0.2, 0) is 14.3 Å². The van der Waals surface area contributed by atoms with Crippen molar-refractivity contribution in [1.82, 2.24) is 4.90 Å². The van der Waals surface area contributed by atoms with Gasteiger partial charge in [0.2, 0.25) is 5.91 Å². The van der Waals surface area contributed by atoms with Crippen LogP contribution in [-0.4, -0.2) is 47.0 Å². The van der Waals surface area contributed by atoms with E-state index in [0.717, 1.165) is 15.5 Å². The average molecular weight is 396 g/mol. The summed E-state index contributed by atoms with van der Waals surface area (Å²) in [5, 5.41) is 2.19. The fourth-order valence-corrected chi connectivity index (χ4v) is 4.23. The number of fused-ring (bicyclic) bond motifs is 2. The van der Waals surface area contributed by atoms with Gasteiger partial charge in [-0.2, -0.15) is 0 Å². The Morgan fingerprint density at radius 3 is 2.36 bits per heavy atom. The largest absolute Gasteiger partial charge is 0.464 e. The second-order valence-corrected chi connectivity index (χ2v) is 7.57. The molecule has 1 N–H and O–H groups in total. The Morgan fingerprint density at radius 2 is 1.64 bits per heavy atom. The maximum Gasteiger partial charge on any atom is 0.307 e. The molecule has 2 heterocycles. The van der Waals surface area contributed by atoms with Gasteiger partial charge in [0.05, 0.1) is 35.0 Å². The Balaban J connectivity index is 1.30.